The van der Waals surface area contributed by atoms with Crippen molar-refractivity contribution in [1.82, 2.24) is 9.55 Å². The summed E-state index contributed by atoms with van der Waals surface area (Å²) in [6.45, 7) is 7.76. The van der Waals surface area contributed by atoms with Crippen molar-refractivity contribution >= 4 is 17.7 Å². The minimum absolute atomic E-state index is 0.799. The molecule has 0 atom stereocenters. The van der Waals surface area contributed by atoms with Gasteiger partial charge in [-0.25, -0.2) is 4.98 Å². The number of aryl methyl sites for hydroxylation is 2. The van der Waals surface area contributed by atoms with Crippen LogP contribution in [0.15, 0.2) is 6.20 Å². The van der Waals surface area contributed by atoms with Crippen molar-refractivity contribution in [2.45, 2.75) is 39.7 Å². The first-order valence-electron chi connectivity index (χ1n) is 7.72. The van der Waals surface area contributed by atoms with Crippen molar-refractivity contribution < 1.29 is 4.74 Å². The van der Waals surface area contributed by atoms with Crippen LogP contribution in [-0.2, 0) is 11.3 Å². The van der Waals surface area contributed by atoms with E-state index in [0.717, 1.165) is 50.3 Å². The third-order valence-electron chi connectivity index (χ3n) is 3.68. The molecule has 0 amide bonds. The molecule has 1 aromatic rings. The summed E-state index contributed by atoms with van der Waals surface area (Å²) in [4.78, 5) is 4.60. The van der Waals surface area contributed by atoms with Crippen LogP contribution in [-0.4, -0.2) is 40.8 Å². The number of rotatable bonds is 8. The van der Waals surface area contributed by atoms with Crippen molar-refractivity contribution in [3.8, 4) is 0 Å². The van der Waals surface area contributed by atoms with E-state index in [2.05, 4.69) is 39.8 Å². The normalized spacial score (nSPS) is 16.5. The van der Waals surface area contributed by atoms with Crippen LogP contribution >= 0.6 is 11.8 Å². The van der Waals surface area contributed by atoms with Crippen LogP contribution in [0.1, 0.15) is 31.9 Å². The van der Waals surface area contributed by atoms with Crippen molar-refractivity contribution in [3.63, 3.8) is 0 Å². The molecule has 1 aliphatic heterocycles. The van der Waals surface area contributed by atoms with Crippen molar-refractivity contribution in [2.24, 2.45) is 5.92 Å². The second-order valence-corrected chi connectivity index (χ2v) is 6.61. The fraction of sp³-hybridized carbons (Fsp3) is 0.800. The molecule has 5 heteroatoms. The van der Waals surface area contributed by atoms with Gasteiger partial charge in [-0.15, -0.1) is 0 Å². The molecular formula is C15H27N3OS. The van der Waals surface area contributed by atoms with E-state index in [1.165, 1.54) is 24.3 Å². The Kier molecular flexibility index (Phi) is 6.73. The van der Waals surface area contributed by atoms with E-state index in [4.69, 9.17) is 4.74 Å². The third-order valence-corrected chi connectivity index (χ3v) is 4.73. The van der Waals surface area contributed by atoms with Crippen LogP contribution in [0, 0.1) is 12.8 Å². The molecule has 2 heterocycles. The molecule has 0 aromatic carbocycles. The summed E-state index contributed by atoms with van der Waals surface area (Å²) in [5.74, 6) is 4.46. The number of hydrogen-bond donors (Lipinski definition) is 1. The summed E-state index contributed by atoms with van der Waals surface area (Å²) in [6.07, 6.45) is 5.84. The average Bonchev–Trinajstić information content (AvgIpc) is 2.83. The first-order valence-corrected chi connectivity index (χ1v) is 8.88. The van der Waals surface area contributed by atoms with Crippen molar-refractivity contribution in [3.05, 3.63) is 11.9 Å². The van der Waals surface area contributed by atoms with Gasteiger partial charge in [-0.2, -0.15) is 11.8 Å². The van der Waals surface area contributed by atoms with E-state index in [0.29, 0.717) is 0 Å². The molecule has 0 unspecified atom stereocenters. The lowest BCUT2D eigenvalue weighted by atomic mass is 10.0. The van der Waals surface area contributed by atoms with E-state index in [9.17, 15) is 0 Å². The number of imidazole rings is 1. The molecule has 1 aliphatic rings. The van der Waals surface area contributed by atoms with Crippen LogP contribution in [0.2, 0.25) is 0 Å². The van der Waals surface area contributed by atoms with E-state index in [1.807, 2.05) is 6.92 Å². The van der Waals surface area contributed by atoms with Crippen molar-refractivity contribution in [2.75, 3.05) is 36.6 Å². The fourth-order valence-electron chi connectivity index (χ4n) is 2.53. The number of thioether (sulfide) groups is 1. The second-order valence-electron chi connectivity index (χ2n) is 5.39. The molecule has 114 valence electrons. The fourth-order valence-corrected chi connectivity index (χ4v) is 3.73. The topological polar surface area (TPSA) is 39.1 Å². The van der Waals surface area contributed by atoms with Gasteiger partial charge in [0, 0.05) is 32.5 Å². The zero-order valence-electron chi connectivity index (χ0n) is 12.7. The van der Waals surface area contributed by atoms with Gasteiger partial charge >= 0.3 is 0 Å². The summed E-state index contributed by atoms with van der Waals surface area (Å²) in [6, 6.07) is 0. The smallest absolute Gasteiger partial charge is 0.203 e. The van der Waals surface area contributed by atoms with Crippen LogP contribution < -0.4 is 5.32 Å². The van der Waals surface area contributed by atoms with Crippen LogP contribution in [0.3, 0.4) is 0 Å². The summed E-state index contributed by atoms with van der Waals surface area (Å²) in [7, 11) is 0. The molecule has 20 heavy (non-hydrogen) atoms. The molecule has 0 saturated carbocycles. The highest BCUT2D eigenvalue weighted by atomic mass is 32.2. The molecular weight excluding hydrogens is 270 g/mol. The van der Waals surface area contributed by atoms with Crippen LogP contribution in [0.4, 0.5) is 5.95 Å². The van der Waals surface area contributed by atoms with Crippen LogP contribution in [0.5, 0.6) is 0 Å². The number of nitrogens with zero attached hydrogens (tertiary/aromatic N) is 2. The van der Waals surface area contributed by atoms with Gasteiger partial charge in [-0.05, 0) is 50.5 Å². The minimum Gasteiger partial charge on any atom is -0.382 e. The van der Waals surface area contributed by atoms with E-state index < -0.39 is 0 Å². The highest BCUT2D eigenvalue weighted by Gasteiger charge is 2.14. The predicted molar refractivity (Wildman–Crippen MR) is 86.6 cm³/mol. The first kappa shape index (κ1) is 15.7. The van der Waals surface area contributed by atoms with Gasteiger partial charge in [0.1, 0.15) is 0 Å². The Morgan fingerprint density at radius 1 is 1.45 bits per heavy atom. The Bertz CT molecular complexity index is 388. The Hall–Kier alpha value is -0.680. The molecule has 1 N–H and O–H groups in total. The summed E-state index contributed by atoms with van der Waals surface area (Å²) in [5.41, 5.74) is 1.09. The molecule has 1 aromatic heterocycles. The van der Waals surface area contributed by atoms with Crippen LogP contribution in [0.25, 0.3) is 0 Å². The predicted octanol–water partition coefficient (Wildman–Crippen LogP) is 3.17. The van der Waals surface area contributed by atoms with E-state index in [-0.39, 0.29) is 0 Å². The molecule has 1 saturated heterocycles. The lowest BCUT2D eigenvalue weighted by molar-refractivity contribution is 0.142. The third kappa shape index (κ3) is 5.02. The average molecular weight is 297 g/mol. The maximum Gasteiger partial charge on any atom is 0.203 e. The van der Waals surface area contributed by atoms with Gasteiger partial charge in [0.05, 0.1) is 5.69 Å². The quantitative estimate of drug-likeness (QED) is 0.748. The van der Waals surface area contributed by atoms with Gasteiger partial charge in [0.25, 0.3) is 0 Å². The lowest BCUT2D eigenvalue weighted by Gasteiger charge is -2.22. The zero-order valence-corrected chi connectivity index (χ0v) is 13.5. The molecule has 4 nitrogen and oxygen atoms in total. The highest BCUT2D eigenvalue weighted by molar-refractivity contribution is 7.99. The Morgan fingerprint density at radius 3 is 3.00 bits per heavy atom. The van der Waals surface area contributed by atoms with E-state index >= 15 is 0 Å². The standard InChI is InChI=1S/C15H27N3OS/c1-3-19-8-4-7-18-12-13(2)17-15(18)16-11-14-5-9-20-10-6-14/h12,14H,3-11H2,1-2H3,(H,16,17). The number of nitrogens with one attached hydrogen (secondary N) is 1. The Labute approximate surface area is 126 Å². The highest BCUT2D eigenvalue weighted by Crippen LogP contribution is 2.23. The largest absolute Gasteiger partial charge is 0.382 e. The number of anilines is 1. The summed E-state index contributed by atoms with van der Waals surface area (Å²) in [5, 5.41) is 3.55. The second kappa shape index (κ2) is 8.57. The van der Waals surface area contributed by atoms with Gasteiger partial charge in [0.2, 0.25) is 5.95 Å². The first-order chi connectivity index (χ1) is 9.79. The van der Waals surface area contributed by atoms with Gasteiger partial charge < -0.3 is 14.6 Å². The van der Waals surface area contributed by atoms with Gasteiger partial charge in [-0.1, -0.05) is 0 Å². The molecule has 0 bridgehead atoms. The van der Waals surface area contributed by atoms with E-state index in [1.54, 1.807) is 0 Å². The summed E-state index contributed by atoms with van der Waals surface area (Å²) < 4.78 is 7.63. The number of aromatic nitrogens is 2. The molecule has 1 fully saturated rings. The lowest BCUT2D eigenvalue weighted by Crippen LogP contribution is -2.21. The minimum atomic E-state index is 0.799. The maximum absolute atomic E-state index is 5.40. The molecule has 0 radical (unpaired) electrons. The summed E-state index contributed by atoms with van der Waals surface area (Å²) >= 11 is 2.08. The SMILES string of the molecule is CCOCCCn1cc(C)nc1NCC1CCSCC1. The van der Waals surface area contributed by atoms with Gasteiger partial charge in [0.15, 0.2) is 0 Å². The Balaban J connectivity index is 1.80. The van der Waals surface area contributed by atoms with Crippen molar-refractivity contribution in [1.29, 1.82) is 0 Å². The Morgan fingerprint density at radius 2 is 2.25 bits per heavy atom. The maximum atomic E-state index is 5.40. The molecule has 2 rings (SSSR count). The zero-order chi connectivity index (χ0) is 14.2. The molecule has 0 spiro atoms. The van der Waals surface area contributed by atoms with Gasteiger partial charge in [-0.3, -0.25) is 0 Å². The number of ether oxygens (including phenoxy) is 1. The monoisotopic (exact) mass is 297 g/mol. The molecule has 0 aliphatic carbocycles. The number of hydrogen-bond acceptors (Lipinski definition) is 4.